The van der Waals surface area contributed by atoms with Crippen LogP contribution in [-0.4, -0.2) is 48.7 Å². The number of carbonyl (C=O) groups excluding carboxylic acids is 1. The molecule has 1 aliphatic heterocycles. The largest absolute Gasteiger partial charge is 0.493 e. The van der Waals surface area contributed by atoms with Crippen LogP contribution in [0.1, 0.15) is 56.3 Å². The highest BCUT2D eigenvalue weighted by Gasteiger charge is 2.41. The third kappa shape index (κ3) is 5.13. The van der Waals surface area contributed by atoms with Gasteiger partial charge in [0.15, 0.2) is 0 Å². The lowest BCUT2D eigenvalue weighted by Gasteiger charge is -2.37. The zero-order chi connectivity index (χ0) is 26.4. The minimum absolute atomic E-state index is 0.0672. The van der Waals surface area contributed by atoms with Crippen molar-refractivity contribution in [1.29, 1.82) is 0 Å². The summed E-state index contributed by atoms with van der Waals surface area (Å²) in [6.07, 6.45) is -1.71. The van der Waals surface area contributed by atoms with E-state index in [0.717, 1.165) is 23.6 Å². The Morgan fingerprint density at radius 2 is 2.00 bits per heavy atom. The summed E-state index contributed by atoms with van der Waals surface area (Å²) < 4.78 is 60.2. The van der Waals surface area contributed by atoms with Gasteiger partial charge in [-0.25, -0.2) is 14.3 Å². The van der Waals surface area contributed by atoms with Gasteiger partial charge in [0.2, 0.25) is 0 Å². The van der Waals surface area contributed by atoms with Crippen LogP contribution < -0.4 is 15.7 Å². The molecule has 2 aliphatic rings. The number of aromatic amines is 1. The summed E-state index contributed by atoms with van der Waals surface area (Å²) in [4.78, 5) is 25.6. The van der Waals surface area contributed by atoms with Crippen LogP contribution in [0.5, 0.6) is 5.75 Å². The normalized spacial score (nSPS) is 20.3. The van der Waals surface area contributed by atoms with E-state index in [-0.39, 0.29) is 42.5 Å². The highest BCUT2D eigenvalue weighted by Crippen LogP contribution is 2.41. The average molecular weight is 521 g/mol. The molecule has 3 aromatic rings. The van der Waals surface area contributed by atoms with Gasteiger partial charge in [0, 0.05) is 36.2 Å². The number of hydrogen-bond donors (Lipinski definition) is 2. The molecule has 1 aromatic carbocycles. The molecule has 1 fully saturated rings. The quantitative estimate of drug-likeness (QED) is 0.347. The fraction of sp³-hybridized carbons (Fsp3) is 0.435. The molecule has 0 spiro atoms. The summed E-state index contributed by atoms with van der Waals surface area (Å²) in [6.45, 7) is 1.41. The summed E-state index contributed by atoms with van der Waals surface area (Å²) in [7, 11) is 0. The van der Waals surface area contributed by atoms with Gasteiger partial charge in [-0.1, -0.05) is 6.07 Å². The fourth-order valence-electron chi connectivity index (χ4n) is 4.41. The first-order valence-electron chi connectivity index (χ1n) is 11.7. The molecular weight excluding hydrogens is 498 g/mol. The van der Waals surface area contributed by atoms with Crippen LogP contribution >= 0.6 is 0 Å². The number of amides is 1. The fourth-order valence-corrected chi connectivity index (χ4v) is 4.41. The summed E-state index contributed by atoms with van der Waals surface area (Å²) >= 11 is 0. The standard InChI is InChI=1S/C23H23F4N7O3/c1-22(16-6-5-14(11-17(16)24)37-10-2-8-23(25,26)27)12-15(18-7-9-33(30-18)13-3-4-13)19(20(35)28-22)34-21(36)29-31-32-34/h5-7,9,11,13H,2-4,8,10,12H2,1H3,(H,28,35)(H,29,32,36)/t22-/m0/s1. The van der Waals surface area contributed by atoms with Gasteiger partial charge in [-0.3, -0.25) is 9.48 Å². The molecule has 2 aromatic heterocycles. The van der Waals surface area contributed by atoms with Crippen molar-refractivity contribution in [2.75, 3.05) is 6.61 Å². The lowest BCUT2D eigenvalue weighted by molar-refractivity contribution is -0.136. The molecule has 196 valence electrons. The van der Waals surface area contributed by atoms with Crippen LogP contribution in [0.25, 0.3) is 11.3 Å². The maximum Gasteiger partial charge on any atom is 0.389 e. The van der Waals surface area contributed by atoms with Gasteiger partial charge in [0.1, 0.15) is 17.3 Å². The second-order valence-electron chi connectivity index (χ2n) is 9.33. The predicted molar refractivity (Wildman–Crippen MR) is 122 cm³/mol. The van der Waals surface area contributed by atoms with E-state index < -0.39 is 35.6 Å². The maximum absolute atomic E-state index is 15.3. The molecule has 0 unspecified atom stereocenters. The number of H-pyrrole nitrogens is 1. The van der Waals surface area contributed by atoms with Crippen molar-refractivity contribution in [2.24, 2.45) is 0 Å². The molecule has 2 N–H and O–H groups in total. The highest BCUT2D eigenvalue weighted by atomic mass is 19.4. The minimum Gasteiger partial charge on any atom is -0.493 e. The van der Waals surface area contributed by atoms with Crippen molar-refractivity contribution in [1.82, 2.24) is 35.3 Å². The molecule has 14 heteroatoms. The second-order valence-corrected chi connectivity index (χ2v) is 9.33. The molecule has 0 bridgehead atoms. The number of nitrogens with zero attached hydrogens (tertiary/aromatic N) is 5. The molecule has 1 saturated carbocycles. The lowest BCUT2D eigenvalue weighted by atomic mass is 9.80. The van der Waals surface area contributed by atoms with Crippen molar-refractivity contribution < 1.29 is 27.1 Å². The molecule has 1 atom stereocenters. The minimum atomic E-state index is -4.29. The Morgan fingerprint density at radius 1 is 1.22 bits per heavy atom. The Labute approximate surface area is 207 Å². The number of aromatic nitrogens is 6. The topological polar surface area (TPSA) is 120 Å². The third-order valence-corrected chi connectivity index (χ3v) is 6.35. The SMILES string of the molecule is C[C@@]1(c2ccc(OCCCC(F)(F)F)cc2F)CC(c2ccn(C3CC3)n2)=C(n2nn[nH]c2=O)C(=O)N1. The maximum atomic E-state index is 15.3. The molecule has 1 amide bonds. The average Bonchev–Trinajstić information content (AvgIpc) is 3.40. The van der Waals surface area contributed by atoms with E-state index in [1.165, 1.54) is 12.1 Å². The molecule has 0 radical (unpaired) electrons. The number of tetrazole rings is 1. The number of ether oxygens (including phenoxy) is 1. The van der Waals surface area contributed by atoms with Crippen molar-refractivity contribution in [3.63, 3.8) is 0 Å². The van der Waals surface area contributed by atoms with Crippen LogP contribution in [-0.2, 0) is 10.3 Å². The lowest BCUT2D eigenvalue weighted by Crippen LogP contribution is -2.49. The number of rotatable bonds is 8. The summed E-state index contributed by atoms with van der Waals surface area (Å²) in [5.41, 5.74) is -1.06. The molecule has 1 aliphatic carbocycles. The van der Waals surface area contributed by atoms with Gasteiger partial charge >= 0.3 is 11.9 Å². The van der Waals surface area contributed by atoms with E-state index in [1.54, 1.807) is 23.9 Å². The van der Waals surface area contributed by atoms with Crippen LogP contribution in [0, 0.1) is 5.82 Å². The Balaban J connectivity index is 1.45. The number of benzene rings is 1. The van der Waals surface area contributed by atoms with E-state index in [2.05, 4.69) is 25.9 Å². The highest BCUT2D eigenvalue weighted by molar-refractivity contribution is 6.22. The molecule has 5 rings (SSSR count). The van der Waals surface area contributed by atoms with E-state index >= 15 is 4.39 Å². The number of hydrogen-bond acceptors (Lipinski definition) is 6. The molecule has 0 saturated heterocycles. The van der Waals surface area contributed by atoms with E-state index in [9.17, 15) is 22.8 Å². The van der Waals surface area contributed by atoms with Crippen LogP contribution in [0.4, 0.5) is 17.6 Å². The van der Waals surface area contributed by atoms with Crippen LogP contribution in [0.2, 0.25) is 0 Å². The van der Waals surface area contributed by atoms with Crippen LogP contribution in [0.3, 0.4) is 0 Å². The van der Waals surface area contributed by atoms with E-state index in [1.807, 2.05) is 0 Å². The Bertz CT molecular complexity index is 1420. The summed E-state index contributed by atoms with van der Waals surface area (Å²) in [5, 5.41) is 16.7. The monoisotopic (exact) mass is 521 g/mol. The number of carbonyl (C=O) groups is 1. The first kappa shape index (κ1) is 24.7. The Hall–Kier alpha value is -3.97. The first-order valence-corrected chi connectivity index (χ1v) is 11.7. The zero-order valence-electron chi connectivity index (χ0n) is 19.7. The smallest absolute Gasteiger partial charge is 0.389 e. The van der Waals surface area contributed by atoms with Gasteiger partial charge in [-0.15, -0.1) is 0 Å². The van der Waals surface area contributed by atoms with Gasteiger partial charge in [0.05, 0.1) is 23.9 Å². The van der Waals surface area contributed by atoms with E-state index in [4.69, 9.17) is 4.74 Å². The summed E-state index contributed by atoms with van der Waals surface area (Å²) in [5.74, 6) is -1.31. The molecular formula is C23H23F4N7O3. The molecule has 10 nitrogen and oxygen atoms in total. The first-order chi connectivity index (χ1) is 17.5. The van der Waals surface area contributed by atoms with E-state index in [0.29, 0.717) is 11.3 Å². The second kappa shape index (κ2) is 9.16. The number of alkyl halides is 3. The van der Waals surface area contributed by atoms with Crippen molar-refractivity contribution in [2.45, 2.75) is 56.8 Å². The van der Waals surface area contributed by atoms with Crippen molar-refractivity contribution in [3.8, 4) is 5.75 Å². The molecule has 37 heavy (non-hydrogen) atoms. The number of nitrogens with one attached hydrogen (secondary N) is 2. The number of halogens is 4. The molecule has 3 heterocycles. The van der Waals surface area contributed by atoms with Crippen molar-refractivity contribution in [3.05, 3.63) is 58.0 Å². The zero-order valence-corrected chi connectivity index (χ0v) is 19.7. The summed E-state index contributed by atoms with van der Waals surface area (Å²) in [6, 6.07) is 5.93. The van der Waals surface area contributed by atoms with Gasteiger partial charge in [-0.2, -0.15) is 23.0 Å². The van der Waals surface area contributed by atoms with Gasteiger partial charge < -0.3 is 10.1 Å². The van der Waals surface area contributed by atoms with Gasteiger partial charge in [-0.05, 0) is 48.7 Å². The third-order valence-electron chi connectivity index (χ3n) is 6.35. The Morgan fingerprint density at radius 3 is 2.65 bits per heavy atom. The van der Waals surface area contributed by atoms with Crippen LogP contribution in [0.15, 0.2) is 35.3 Å². The Kier molecular flexibility index (Phi) is 6.12. The van der Waals surface area contributed by atoms with Gasteiger partial charge in [0.25, 0.3) is 5.91 Å². The predicted octanol–water partition coefficient (Wildman–Crippen LogP) is 3.16. The van der Waals surface area contributed by atoms with Crippen molar-refractivity contribution >= 4 is 17.2 Å².